The molecule has 1 N–H and O–H groups in total. The molecular formula is C15H26N2O2. The van der Waals surface area contributed by atoms with Gasteiger partial charge >= 0.3 is 0 Å². The third-order valence-electron chi connectivity index (χ3n) is 3.98. The molecule has 0 bridgehead atoms. The van der Waals surface area contributed by atoms with E-state index in [2.05, 4.69) is 30.3 Å². The molecule has 108 valence electrons. The van der Waals surface area contributed by atoms with Gasteiger partial charge in [-0.1, -0.05) is 20.8 Å². The maximum Gasteiger partial charge on any atom is 0.111 e. The van der Waals surface area contributed by atoms with E-state index in [1.54, 1.807) is 0 Å². The summed E-state index contributed by atoms with van der Waals surface area (Å²) in [4.78, 5) is 4.41. The molecule has 2 unspecified atom stereocenters. The second-order valence-electron chi connectivity index (χ2n) is 6.05. The number of hydrogen-bond acceptors (Lipinski definition) is 3. The summed E-state index contributed by atoms with van der Waals surface area (Å²) in [6, 6.07) is 0. The van der Waals surface area contributed by atoms with Crippen LogP contribution in [-0.4, -0.2) is 33.0 Å². The van der Waals surface area contributed by atoms with Crippen LogP contribution in [0, 0.1) is 5.92 Å². The normalized spacial score (nSPS) is 27.9. The molecule has 2 atom stereocenters. The van der Waals surface area contributed by atoms with Crippen molar-refractivity contribution in [3.63, 3.8) is 0 Å². The van der Waals surface area contributed by atoms with Crippen LogP contribution in [0.15, 0.2) is 12.4 Å². The second kappa shape index (κ2) is 6.06. The van der Waals surface area contributed by atoms with Crippen LogP contribution in [0.5, 0.6) is 0 Å². The van der Waals surface area contributed by atoms with E-state index in [4.69, 9.17) is 4.74 Å². The zero-order chi connectivity index (χ0) is 13.9. The Balaban J connectivity index is 2.05. The number of nitrogens with zero attached hydrogens (tertiary/aromatic N) is 2. The van der Waals surface area contributed by atoms with Crippen molar-refractivity contribution in [2.75, 3.05) is 6.61 Å². The highest BCUT2D eigenvalue weighted by molar-refractivity contribution is 5.01. The lowest BCUT2D eigenvalue weighted by molar-refractivity contribution is -0.117. The highest BCUT2D eigenvalue weighted by Crippen LogP contribution is 2.31. The third kappa shape index (κ3) is 3.57. The fourth-order valence-corrected chi connectivity index (χ4v) is 2.77. The van der Waals surface area contributed by atoms with Crippen LogP contribution in [0.4, 0.5) is 0 Å². The molecule has 0 aliphatic carbocycles. The maximum atomic E-state index is 10.8. The van der Waals surface area contributed by atoms with Gasteiger partial charge in [0, 0.05) is 44.8 Å². The first-order chi connectivity index (χ1) is 9.04. The zero-order valence-electron chi connectivity index (χ0n) is 12.3. The first-order valence-corrected chi connectivity index (χ1v) is 7.38. The van der Waals surface area contributed by atoms with E-state index in [0.29, 0.717) is 31.8 Å². The molecule has 1 aliphatic rings. The minimum Gasteiger partial charge on any atom is -0.389 e. The Labute approximate surface area is 115 Å². The van der Waals surface area contributed by atoms with E-state index < -0.39 is 5.60 Å². The quantitative estimate of drug-likeness (QED) is 0.890. The first kappa shape index (κ1) is 14.5. The summed E-state index contributed by atoms with van der Waals surface area (Å²) >= 11 is 0. The van der Waals surface area contributed by atoms with Gasteiger partial charge in [-0.3, -0.25) is 0 Å². The Hall–Kier alpha value is -0.870. The van der Waals surface area contributed by atoms with Crippen LogP contribution < -0.4 is 0 Å². The Morgan fingerprint density at radius 2 is 2.37 bits per heavy atom. The van der Waals surface area contributed by atoms with E-state index >= 15 is 0 Å². The molecule has 2 heterocycles. The molecule has 1 aromatic heterocycles. The van der Waals surface area contributed by atoms with Crippen molar-refractivity contribution in [2.45, 2.75) is 64.7 Å². The topological polar surface area (TPSA) is 47.3 Å². The van der Waals surface area contributed by atoms with Gasteiger partial charge in [-0.05, 0) is 12.3 Å². The van der Waals surface area contributed by atoms with E-state index in [1.165, 1.54) is 0 Å². The van der Waals surface area contributed by atoms with Crippen LogP contribution in [0.2, 0.25) is 0 Å². The smallest absolute Gasteiger partial charge is 0.111 e. The average Bonchev–Trinajstić information content (AvgIpc) is 2.76. The van der Waals surface area contributed by atoms with Gasteiger partial charge in [-0.25, -0.2) is 4.98 Å². The molecular weight excluding hydrogens is 240 g/mol. The summed E-state index contributed by atoms with van der Waals surface area (Å²) in [5.41, 5.74) is -0.663. The molecule has 4 heteroatoms. The standard InChI is InChI=1S/C15H26N2O2/c1-4-7-17-8-6-16-14(17)11-15(18)5-9-19-13(10-15)12(2)3/h6,8,12-13,18H,4-5,7,9-11H2,1-3H3. The molecule has 0 amide bonds. The largest absolute Gasteiger partial charge is 0.389 e. The molecule has 1 fully saturated rings. The number of rotatable bonds is 5. The fraction of sp³-hybridized carbons (Fsp3) is 0.800. The van der Waals surface area contributed by atoms with E-state index in [-0.39, 0.29) is 6.10 Å². The van der Waals surface area contributed by atoms with Gasteiger partial charge in [0.2, 0.25) is 0 Å². The first-order valence-electron chi connectivity index (χ1n) is 7.38. The van der Waals surface area contributed by atoms with Crippen molar-refractivity contribution in [3.8, 4) is 0 Å². The lowest BCUT2D eigenvalue weighted by Crippen LogP contribution is -2.44. The van der Waals surface area contributed by atoms with Gasteiger partial charge in [0.1, 0.15) is 5.82 Å². The predicted molar refractivity (Wildman–Crippen MR) is 75.0 cm³/mol. The number of ether oxygens (including phenoxy) is 1. The van der Waals surface area contributed by atoms with Crippen molar-refractivity contribution in [3.05, 3.63) is 18.2 Å². The summed E-state index contributed by atoms with van der Waals surface area (Å²) < 4.78 is 7.90. The van der Waals surface area contributed by atoms with Crippen molar-refractivity contribution < 1.29 is 9.84 Å². The van der Waals surface area contributed by atoms with Crippen molar-refractivity contribution in [1.82, 2.24) is 9.55 Å². The number of hydrogen-bond donors (Lipinski definition) is 1. The van der Waals surface area contributed by atoms with Gasteiger partial charge in [-0.2, -0.15) is 0 Å². The second-order valence-corrected chi connectivity index (χ2v) is 6.05. The molecule has 0 spiro atoms. The van der Waals surface area contributed by atoms with Crippen molar-refractivity contribution in [2.24, 2.45) is 5.92 Å². The van der Waals surface area contributed by atoms with Crippen LogP contribution in [0.1, 0.15) is 45.9 Å². The van der Waals surface area contributed by atoms with Crippen LogP contribution >= 0.6 is 0 Å². The lowest BCUT2D eigenvalue weighted by Gasteiger charge is -2.38. The van der Waals surface area contributed by atoms with Gasteiger partial charge in [0.05, 0.1) is 11.7 Å². The summed E-state index contributed by atoms with van der Waals surface area (Å²) in [7, 11) is 0. The van der Waals surface area contributed by atoms with E-state index in [1.807, 2.05) is 12.4 Å². The van der Waals surface area contributed by atoms with E-state index in [9.17, 15) is 5.11 Å². The Morgan fingerprint density at radius 1 is 1.58 bits per heavy atom. The summed E-state index contributed by atoms with van der Waals surface area (Å²) in [5, 5.41) is 10.8. The Bertz CT molecular complexity index is 403. The number of aromatic nitrogens is 2. The molecule has 0 aromatic carbocycles. The zero-order valence-corrected chi connectivity index (χ0v) is 12.3. The number of aliphatic hydroxyl groups is 1. The van der Waals surface area contributed by atoms with Gasteiger partial charge in [-0.15, -0.1) is 0 Å². The number of imidazole rings is 1. The Morgan fingerprint density at radius 3 is 3.05 bits per heavy atom. The highest BCUT2D eigenvalue weighted by Gasteiger charge is 2.37. The van der Waals surface area contributed by atoms with Gasteiger partial charge in [0.15, 0.2) is 0 Å². The monoisotopic (exact) mass is 266 g/mol. The summed E-state index contributed by atoms with van der Waals surface area (Å²) in [5.74, 6) is 1.44. The minimum atomic E-state index is -0.663. The molecule has 4 nitrogen and oxygen atoms in total. The van der Waals surface area contributed by atoms with Crippen LogP contribution in [0.25, 0.3) is 0 Å². The molecule has 1 saturated heterocycles. The molecule has 19 heavy (non-hydrogen) atoms. The van der Waals surface area contributed by atoms with Crippen molar-refractivity contribution in [1.29, 1.82) is 0 Å². The fourth-order valence-electron chi connectivity index (χ4n) is 2.77. The Kier molecular flexibility index (Phi) is 4.63. The highest BCUT2D eigenvalue weighted by atomic mass is 16.5. The van der Waals surface area contributed by atoms with E-state index in [0.717, 1.165) is 18.8 Å². The van der Waals surface area contributed by atoms with Gasteiger partial charge < -0.3 is 14.4 Å². The molecule has 0 saturated carbocycles. The lowest BCUT2D eigenvalue weighted by atomic mass is 9.83. The average molecular weight is 266 g/mol. The SMILES string of the molecule is CCCn1ccnc1CC1(O)CCOC(C(C)C)C1. The van der Waals surface area contributed by atoms with Crippen LogP contribution in [0.3, 0.4) is 0 Å². The summed E-state index contributed by atoms with van der Waals surface area (Å²) in [6.45, 7) is 8.06. The third-order valence-corrected chi connectivity index (χ3v) is 3.98. The number of aryl methyl sites for hydroxylation is 1. The minimum absolute atomic E-state index is 0.160. The van der Waals surface area contributed by atoms with Gasteiger partial charge in [0.25, 0.3) is 0 Å². The molecule has 2 rings (SSSR count). The summed E-state index contributed by atoms with van der Waals surface area (Å²) in [6.07, 6.45) is 7.12. The molecule has 1 aliphatic heterocycles. The van der Waals surface area contributed by atoms with Crippen molar-refractivity contribution >= 4 is 0 Å². The maximum absolute atomic E-state index is 10.8. The molecule has 0 radical (unpaired) electrons. The molecule has 1 aromatic rings. The van der Waals surface area contributed by atoms with Crippen LogP contribution in [-0.2, 0) is 17.7 Å². The predicted octanol–water partition coefficient (Wildman–Crippen LogP) is 2.40.